The number of rotatable bonds is 5. The molecule has 0 aliphatic rings. The van der Waals surface area contributed by atoms with Crippen LogP contribution in [0.2, 0.25) is 0 Å². The van der Waals surface area contributed by atoms with Gasteiger partial charge in [0.05, 0.1) is 6.04 Å². The first kappa shape index (κ1) is 16.5. The highest BCUT2D eigenvalue weighted by atomic mass is 19.4. The van der Waals surface area contributed by atoms with Crippen LogP contribution in [0.25, 0.3) is 0 Å². The third kappa shape index (κ3) is 5.61. The maximum Gasteiger partial charge on any atom is 0.405 e. The van der Waals surface area contributed by atoms with Crippen LogP contribution in [0.1, 0.15) is 31.0 Å². The van der Waals surface area contributed by atoms with Gasteiger partial charge >= 0.3 is 6.18 Å². The predicted octanol–water partition coefficient (Wildman–Crippen LogP) is 2.71. The van der Waals surface area contributed by atoms with Crippen molar-refractivity contribution in [3.05, 3.63) is 35.4 Å². The molecule has 6 heteroatoms. The molecular weight excluding hydrogens is 269 g/mol. The van der Waals surface area contributed by atoms with E-state index < -0.39 is 24.7 Å². The van der Waals surface area contributed by atoms with Crippen LogP contribution in [0, 0.1) is 6.92 Å². The minimum Gasteiger partial charge on any atom is -0.346 e. The van der Waals surface area contributed by atoms with Gasteiger partial charge < -0.3 is 5.32 Å². The van der Waals surface area contributed by atoms with Crippen LogP contribution in [0.15, 0.2) is 24.3 Å². The van der Waals surface area contributed by atoms with Gasteiger partial charge in [-0.2, -0.15) is 13.2 Å². The van der Waals surface area contributed by atoms with Crippen molar-refractivity contribution in [1.82, 2.24) is 10.6 Å². The number of alkyl halides is 3. The molecule has 3 nitrogen and oxygen atoms in total. The van der Waals surface area contributed by atoms with Crippen molar-refractivity contribution < 1.29 is 18.0 Å². The average molecular weight is 288 g/mol. The Morgan fingerprint density at radius 2 is 1.95 bits per heavy atom. The molecule has 0 aliphatic heterocycles. The van der Waals surface area contributed by atoms with Gasteiger partial charge in [0.15, 0.2) is 0 Å². The van der Waals surface area contributed by atoms with E-state index >= 15 is 0 Å². The molecule has 0 saturated heterocycles. The van der Waals surface area contributed by atoms with E-state index in [1.165, 1.54) is 6.92 Å². The fourth-order valence-corrected chi connectivity index (χ4v) is 1.83. The van der Waals surface area contributed by atoms with Gasteiger partial charge in [-0.15, -0.1) is 0 Å². The largest absolute Gasteiger partial charge is 0.405 e. The molecule has 0 bridgehead atoms. The molecule has 0 aromatic heterocycles. The summed E-state index contributed by atoms with van der Waals surface area (Å²) in [5.41, 5.74) is 2.07. The summed E-state index contributed by atoms with van der Waals surface area (Å²) >= 11 is 0. The van der Waals surface area contributed by atoms with Gasteiger partial charge in [0, 0.05) is 6.04 Å². The molecule has 20 heavy (non-hydrogen) atoms. The summed E-state index contributed by atoms with van der Waals surface area (Å²) < 4.78 is 36.0. The van der Waals surface area contributed by atoms with E-state index in [4.69, 9.17) is 0 Å². The zero-order valence-corrected chi connectivity index (χ0v) is 11.7. The van der Waals surface area contributed by atoms with Gasteiger partial charge in [0.2, 0.25) is 5.91 Å². The van der Waals surface area contributed by atoms with E-state index in [0.717, 1.165) is 11.1 Å². The van der Waals surface area contributed by atoms with Crippen LogP contribution in [-0.2, 0) is 4.79 Å². The molecule has 1 rings (SSSR count). The Labute approximate surface area is 116 Å². The lowest BCUT2D eigenvalue weighted by Crippen LogP contribution is -2.45. The number of hydrogen-bond acceptors (Lipinski definition) is 2. The molecule has 112 valence electrons. The highest BCUT2D eigenvalue weighted by molar-refractivity contribution is 5.81. The zero-order chi connectivity index (χ0) is 15.3. The van der Waals surface area contributed by atoms with Crippen molar-refractivity contribution in [2.75, 3.05) is 6.54 Å². The lowest BCUT2D eigenvalue weighted by atomic mass is 10.1. The monoisotopic (exact) mass is 288 g/mol. The lowest BCUT2D eigenvalue weighted by molar-refractivity contribution is -0.139. The Kier molecular flexibility index (Phi) is 5.56. The Morgan fingerprint density at radius 1 is 1.30 bits per heavy atom. The van der Waals surface area contributed by atoms with Crippen LogP contribution in [0.4, 0.5) is 13.2 Å². The summed E-state index contributed by atoms with van der Waals surface area (Å²) in [6, 6.07) is 6.91. The number of carbonyl (C=O) groups is 1. The lowest BCUT2D eigenvalue weighted by Gasteiger charge is -2.20. The quantitative estimate of drug-likeness (QED) is 0.874. The molecule has 0 radical (unpaired) electrons. The maximum atomic E-state index is 12.0. The van der Waals surface area contributed by atoms with E-state index in [1.54, 1.807) is 0 Å². The molecule has 1 unspecified atom stereocenters. The van der Waals surface area contributed by atoms with Crippen LogP contribution in [-0.4, -0.2) is 24.7 Å². The fourth-order valence-electron chi connectivity index (χ4n) is 1.83. The molecule has 0 aliphatic carbocycles. The minimum atomic E-state index is -4.39. The number of amides is 1. The zero-order valence-electron chi connectivity index (χ0n) is 11.7. The van der Waals surface area contributed by atoms with E-state index in [0.29, 0.717) is 0 Å². The van der Waals surface area contributed by atoms with Gasteiger partial charge in [0.1, 0.15) is 6.54 Å². The van der Waals surface area contributed by atoms with E-state index in [-0.39, 0.29) is 6.04 Å². The Balaban J connectivity index is 2.53. The Morgan fingerprint density at radius 3 is 2.50 bits per heavy atom. The minimum absolute atomic E-state index is 0.124. The molecule has 2 atom stereocenters. The molecular formula is C14H19F3N2O. The molecule has 1 amide bonds. The van der Waals surface area contributed by atoms with Gasteiger partial charge in [-0.1, -0.05) is 29.8 Å². The second kappa shape index (κ2) is 6.74. The van der Waals surface area contributed by atoms with Crippen molar-refractivity contribution in [1.29, 1.82) is 0 Å². The van der Waals surface area contributed by atoms with Crippen LogP contribution < -0.4 is 10.6 Å². The molecule has 0 saturated carbocycles. The first-order chi connectivity index (χ1) is 9.19. The fraction of sp³-hybridized carbons (Fsp3) is 0.500. The van der Waals surface area contributed by atoms with Crippen LogP contribution in [0.5, 0.6) is 0 Å². The number of nitrogens with one attached hydrogen (secondary N) is 2. The van der Waals surface area contributed by atoms with Crippen molar-refractivity contribution in [3.63, 3.8) is 0 Å². The number of aryl methyl sites for hydroxylation is 1. The van der Waals surface area contributed by atoms with Crippen molar-refractivity contribution in [2.24, 2.45) is 0 Å². The first-order valence-electron chi connectivity index (χ1n) is 6.36. The molecule has 0 spiro atoms. The number of halogens is 3. The third-order valence-electron chi connectivity index (χ3n) is 2.90. The van der Waals surface area contributed by atoms with Crippen molar-refractivity contribution >= 4 is 5.91 Å². The standard InChI is InChI=1S/C14H19F3N2O/c1-9-5-4-6-12(7-9)10(2)19-11(3)13(20)18-8-14(15,16)17/h4-7,10-11,19H,8H2,1-3H3,(H,18,20)/t10-,11?/m1/s1. The molecule has 1 aromatic carbocycles. The highest BCUT2D eigenvalue weighted by Crippen LogP contribution is 2.15. The van der Waals surface area contributed by atoms with E-state index in [9.17, 15) is 18.0 Å². The summed E-state index contributed by atoms with van der Waals surface area (Å²) in [6.45, 7) is 4.05. The van der Waals surface area contributed by atoms with Crippen LogP contribution >= 0.6 is 0 Å². The smallest absolute Gasteiger partial charge is 0.346 e. The summed E-state index contributed by atoms with van der Waals surface area (Å²) in [5, 5.41) is 4.84. The predicted molar refractivity (Wildman–Crippen MR) is 71.3 cm³/mol. The molecule has 0 fully saturated rings. The average Bonchev–Trinajstić information content (AvgIpc) is 2.34. The normalized spacial score (nSPS) is 14.7. The number of benzene rings is 1. The Bertz CT molecular complexity index is 460. The highest BCUT2D eigenvalue weighted by Gasteiger charge is 2.28. The van der Waals surface area contributed by atoms with Gasteiger partial charge in [-0.3, -0.25) is 10.1 Å². The van der Waals surface area contributed by atoms with Crippen LogP contribution in [0.3, 0.4) is 0 Å². The van der Waals surface area contributed by atoms with Gasteiger partial charge in [0.25, 0.3) is 0 Å². The van der Waals surface area contributed by atoms with Crippen molar-refractivity contribution in [3.8, 4) is 0 Å². The summed E-state index contributed by atoms with van der Waals surface area (Å²) in [5.74, 6) is -0.665. The SMILES string of the molecule is Cc1cccc([C@@H](C)NC(C)C(=O)NCC(F)(F)F)c1. The number of hydrogen-bond donors (Lipinski definition) is 2. The summed E-state index contributed by atoms with van der Waals surface area (Å²) in [7, 11) is 0. The van der Waals surface area contributed by atoms with E-state index in [1.807, 2.05) is 43.4 Å². The first-order valence-corrected chi connectivity index (χ1v) is 6.36. The maximum absolute atomic E-state index is 12.0. The molecule has 2 N–H and O–H groups in total. The molecule has 1 aromatic rings. The van der Waals surface area contributed by atoms with Crippen molar-refractivity contribution in [2.45, 2.75) is 39.0 Å². The number of carbonyl (C=O) groups excluding carboxylic acids is 1. The summed E-state index contributed by atoms with van der Waals surface area (Å²) in [6.07, 6.45) is -4.39. The van der Waals surface area contributed by atoms with Gasteiger partial charge in [-0.25, -0.2) is 0 Å². The topological polar surface area (TPSA) is 41.1 Å². The Hall–Kier alpha value is -1.56. The third-order valence-corrected chi connectivity index (χ3v) is 2.90. The van der Waals surface area contributed by atoms with Gasteiger partial charge in [-0.05, 0) is 26.3 Å². The second-order valence-electron chi connectivity index (χ2n) is 4.86. The molecule has 0 heterocycles. The second-order valence-corrected chi connectivity index (χ2v) is 4.86. The summed E-state index contributed by atoms with van der Waals surface area (Å²) in [4.78, 5) is 11.5. The van der Waals surface area contributed by atoms with E-state index in [2.05, 4.69) is 5.32 Å².